The number of aryl methyl sites for hydroxylation is 3. The zero-order valence-electron chi connectivity index (χ0n) is 16.9. The van der Waals surface area contributed by atoms with Crippen LogP contribution in [-0.2, 0) is 18.3 Å². The Morgan fingerprint density at radius 1 is 1.19 bits per heavy atom. The number of anilines is 1. The number of amides is 1. The van der Waals surface area contributed by atoms with Crippen molar-refractivity contribution in [3.05, 3.63) is 46.8 Å². The number of rotatable bonds is 8. The van der Waals surface area contributed by atoms with E-state index in [4.69, 9.17) is 0 Å². The van der Waals surface area contributed by atoms with E-state index in [2.05, 4.69) is 60.8 Å². The molecule has 1 heterocycles. The van der Waals surface area contributed by atoms with Gasteiger partial charge in [0, 0.05) is 13.1 Å². The van der Waals surface area contributed by atoms with Crippen LogP contribution in [0.2, 0.25) is 0 Å². The second-order valence-electron chi connectivity index (χ2n) is 7.31. The van der Waals surface area contributed by atoms with Gasteiger partial charge in [-0.25, -0.2) is 0 Å². The molecule has 0 aliphatic carbocycles. The van der Waals surface area contributed by atoms with Crippen LogP contribution in [0, 0.1) is 19.8 Å². The number of aromatic nitrogens is 2. The summed E-state index contributed by atoms with van der Waals surface area (Å²) < 4.78 is 1.78. The number of carbonyl (C=O) groups excluding carboxylic acids is 1. The van der Waals surface area contributed by atoms with Crippen molar-refractivity contribution in [1.82, 2.24) is 15.1 Å². The van der Waals surface area contributed by atoms with Crippen molar-refractivity contribution in [2.24, 2.45) is 13.0 Å². The SMILES string of the molecule is CCCc1ccc([C@H](NCC(=O)Nc2c(C)nn(C)c2C)C(C)C)cc1. The molecule has 1 amide bonds. The predicted octanol–water partition coefficient (Wildman–Crippen LogP) is 3.91. The Bertz CT molecular complexity index is 731. The molecule has 0 radical (unpaired) electrons. The van der Waals surface area contributed by atoms with E-state index in [0.717, 1.165) is 29.9 Å². The second kappa shape index (κ2) is 8.99. The smallest absolute Gasteiger partial charge is 0.238 e. The molecule has 1 aromatic heterocycles. The number of nitrogens with one attached hydrogen (secondary N) is 2. The van der Waals surface area contributed by atoms with E-state index in [1.54, 1.807) is 4.68 Å². The molecule has 0 unspecified atom stereocenters. The molecule has 1 aromatic carbocycles. The summed E-state index contributed by atoms with van der Waals surface area (Å²) in [7, 11) is 1.88. The van der Waals surface area contributed by atoms with E-state index in [0.29, 0.717) is 5.92 Å². The fourth-order valence-electron chi connectivity index (χ4n) is 3.26. The van der Waals surface area contributed by atoms with Crippen LogP contribution in [-0.4, -0.2) is 22.2 Å². The van der Waals surface area contributed by atoms with Crippen molar-refractivity contribution < 1.29 is 4.79 Å². The molecule has 2 aromatic rings. The van der Waals surface area contributed by atoms with Crippen LogP contribution in [0.3, 0.4) is 0 Å². The van der Waals surface area contributed by atoms with Crippen molar-refractivity contribution in [3.63, 3.8) is 0 Å². The van der Waals surface area contributed by atoms with Crippen LogP contribution < -0.4 is 10.6 Å². The summed E-state index contributed by atoms with van der Waals surface area (Å²) in [6.45, 7) is 10.7. The standard InChI is InChI=1S/C21H32N4O/c1-7-8-17-9-11-18(12-10-17)20(14(2)3)22-13-19(26)23-21-15(4)24-25(6)16(21)5/h9-12,14,20,22H,7-8,13H2,1-6H3,(H,23,26)/t20-/m1/s1. The summed E-state index contributed by atoms with van der Waals surface area (Å²) in [4.78, 5) is 12.4. The van der Waals surface area contributed by atoms with Gasteiger partial charge in [-0.15, -0.1) is 0 Å². The van der Waals surface area contributed by atoms with Crippen LogP contribution in [0.4, 0.5) is 5.69 Å². The van der Waals surface area contributed by atoms with E-state index < -0.39 is 0 Å². The highest BCUT2D eigenvalue weighted by molar-refractivity contribution is 5.93. The Balaban J connectivity index is 2.00. The van der Waals surface area contributed by atoms with Gasteiger partial charge in [0.15, 0.2) is 0 Å². The first kappa shape index (κ1) is 20.2. The Morgan fingerprint density at radius 3 is 2.35 bits per heavy atom. The molecule has 0 saturated heterocycles. The van der Waals surface area contributed by atoms with Gasteiger partial charge in [-0.1, -0.05) is 51.5 Å². The molecule has 26 heavy (non-hydrogen) atoms. The molecular weight excluding hydrogens is 324 g/mol. The molecule has 5 nitrogen and oxygen atoms in total. The molecule has 2 N–H and O–H groups in total. The average molecular weight is 357 g/mol. The van der Waals surface area contributed by atoms with E-state index in [1.807, 2.05) is 20.9 Å². The zero-order chi connectivity index (χ0) is 19.3. The number of nitrogens with zero attached hydrogens (tertiary/aromatic N) is 2. The Labute approximate surface area is 157 Å². The van der Waals surface area contributed by atoms with Gasteiger partial charge in [0.25, 0.3) is 0 Å². The third-order valence-electron chi connectivity index (χ3n) is 4.80. The number of hydrogen-bond donors (Lipinski definition) is 2. The topological polar surface area (TPSA) is 59.0 Å². The summed E-state index contributed by atoms with van der Waals surface area (Å²) in [6.07, 6.45) is 2.25. The molecule has 0 spiro atoms. The van der Waals surface area contributed by atoms with E-state index in [9.17, 15) is 4.79 Å². The predicted molar refractivity (Wildman–Crippen MR) is 107 cm³/mol. The third kappa shape index (κ3) is 4.94. The zero-order valence-corrected chi connectivity index (χ0v) is 16.9. The monoisotopic (exact) mass is 356 g/mol. The highest BCUT2D eigenvalue weighted by atomic mass is 16.1. The maximum Gasteiger partial charge on any atom is 0.238 e. The van der Waals surface area contributed by atoms with Crippen molar-refractivity contribution >= 4 is 11.6 Å². The lowest BCUT2D eigenvalue weighted by atomic mass is 9.94. The van der Waals surface area contributed by atoms with Gasteiger partial charge in [-0.05, 0) is 37.3 Å². The molecule has 0 aliphatic rings. The number of carbonyl (C=O) groups is 1. The van der Waals surface area contributed by atoms with E-state index >= 15 is 0 Å². The number of hydrogen-bond acceptors (Lipinski definition) is 3. The van der Waals surface area contributed by atoms with Gasteiger partial charge in [-0.3, -0.25) is 9.48 Å². The minimum absolute atomic E-state index is 0.0440. The third-order valence-corrected chi connectivity index (χ3v) is 4.80. The van der Waals surface area contributed by atoms with Crippen LogP contribution >= 0.6 is 0 Å². The van der Waals surface area contributed by atoms with Gasteiger partial charge in [0.1, 0.15) is 0 Å². The molecule has 2 rings (SSSR count). The van der Waals surface area contributed by atoms with E-state index in [-0.39, 0.29) is 18.5 Å². The maximum atomic E-state index is 12.4. The lowest BCUT2D eigenvalue weighted by Crippen LogP contribution is -2.33. The normalized spacial score (nSPS) is 12.4. The maximum absolute atomic E-state index is 12.4. The van der Waals surface area contributed by atoms with E-state index in [1.165, 1.54) is 11.1 Å². The first-order valence-corrected chi connectivity index (χ1v) is 9.45. The molecule has 0 saturated carbocycles. The number of benzene rings is 1. The molecule has 0 aliphatic heterocycles. The highest BCUT2D eigenvalue weighted by Gasteiger charge is 2.18. The van der Waals surface area contributed by atoms with Gasteiger partial charge in [0.05, 0.1) is 23.6 Å². The summed E-state index contributed by atoms with van der Waals surface area (Å²) in [5, 5.41) is 10.7. The summed E-state index contributed by atoms with van der Waals surface area (Å²) in [6, 6.07) is 8.88. The van der Waals surface area contributed by atoms with Crippen molar-refractivity contribution in [2.45, 2.75) is 53.5 Å². The minimum atomic E-state index is -0.0440. The Kier molecular flexibility index (Phi) is 6.98. The Hall–Kier alpha value is -2.14. The fourth-order valence-corrected chi connectivity index (χ4v) is 3.26. The summed E-state index contributed by atoms with van der Waals surface area (Å²) >= 11 is 0. The Morgan fingerprint density at radius 2 is 1.85 bits per heavy atom. The fraction of sp³-hybridized carbons (Fsp3) is 0.524. The van der Waals surface area contributed by atoms with Crippen molar-refractivity contribution in [2.75, 3.05) is 11.9 Å². The largest absolute Gasteiger partial charge is 0.322 e. The molecule has 142 valence electrons. The second-order valence-corrected chi connectivity index (χ2v) is 7.31. The van der Waals surface area contributed by atoms with Crippen LogP contribution in [0.1, 0.15) is 55.7 Å². The highest BCUT2D eigenvalue weighted by Crippen LogP contribution is 2.23. The van der Waals surface area contributed by atoms with Gasteiger partial charge in [-0.2, -0.15) is 5.10 Å². The molecule has 1 atom stereocenters. The van der Waals surface area contributed by atoms with Gasteiger partial charge < -0.3 is 10.6 Å². The summed E-state index contributed by atoms with van der Waals surface area (Å²) in [5.74, 6) is 0.346. The summed E-state index contributed by atoms with van der Waals surface area (Å²) in [5.41, 5.74) is 5.19. The molecule has 0 fully saturated rings. The molecular formula is C21H32N4O. The lowest BCUT2D eigenvalue weighted by Gasteiger charge is -2.23. The lowest BCUT2D eigenvalue weighted by molar-refractivity contribution is -0.115. The van der Waals surface area contributed by atoms with Crippen LogP contribution in [0.5, 0.6) is 0 Å². The first-order chi connectivity index (χ1) is 12.3. The van der Waals surface area contributed by atoms with Crippen LogP contribution in [0.25, 0.3) is 0 Å². The molecule has 0 bridgehead atoms. The van der Waals surface area contributed by atoms with Gasteiger partial charge in [0.2, 0.25) is 5.91 Å². The molecule has 5 heteroatoms. The van der Waals surface area contributed by atoms with Crippen molar-refractivity contribution in [3.8, 4) is 0 Å². The van der Waals surface area contributed by atoms with Gasteiger partial charge >= 0.3 is 0 Å². The van der Waals surface area contributed by atoms with Crippen LogP contribution in [0.15, 0.2) is 24.3 Å². The van der Waals surface area contributed by atoms with Crippen molar-refractivity contribution in [1.29, 1.82) is 0 Å². The average Bonchev–Trinajstić information content (AvgIpc) is 2.83. The minimum Gasteiger partial charge on any atom is -0.322 e. The quantitative estimate of drug-likeness (QED) is 0.754. The first-order valence-electron chi connectivity index (χ1n) is 9.45.